The van der Waals surface area contributed by atoms with Gasteiger partial charge >= 0.3 is 6.18 Å². The molecule has 2 aliphatic heterocycles. The van der Waals surface area contributed by atoms with Crippen molar-refractivity contribution in [2.45, 2.75) is 43.4 Å². The number of sulfonamides is 1. The predicted molar refractivity (Wildman–Crippen MR) is 87.6 cm³/mol. The fourth-order valence-electron chi connectivity index (χ4n) is 3.37. The van der Waals surface area contributed by atoms with Gasteiger partial charge in [-0.3, -0.25) is 0 Å². The zero-order valence-electron chi connectivity index (χ0n) is 14.2. The standard InChI is InChI=1S/C16H17F3N4O3S/c17-16(18,19)11-3-5-23-14(8-11)21-22-15(23)9-20-27(24,25)12-1-2-13-10(7-12)4-6-26-13/h1-2,7,11,20H,3-6,8-9H2. The topological polar surface area (TPSA) is 86.1 Å². The molecule has 1 N–H and O–H groups in total. The molecular formula is C16H17F3N4O3S. The van der Waals surface area contributed by atoms with E-state index in [1.807, 2.05) is 0 Å². The van der Waals surface area contributed by atoms with Gasteiger partial charge in [0.1, 0.15) is 17.4 Å². The molecule has 0 spiro atoms. The van der Waals surface area contributed by atoms with Gasteiger partial charge in [0.15, 0.2) is 0 Å². The summed E-state index contributed by atoms with van der Waals surface area (Å²) >= 11 is 0. The van der Waals surface area contributed by atoms with Gasteiger partial charge in [0.2, 0.25) is 10.0 Å². The van der Waals surface area contributed by atoms with Crippen LogP contribution in [-0.4, -0.2) is 36.0 Å². The molecule has 4 rings (SSSR count). The molecule has 1 unspecified atom stereocenters. The van der Waals surface area contributed by atoms with Crippen LogP contribution < -0.4 is 9.46 Å². The normalized spacial score (nSPS) is 19.4. The number of nitrogens with zero attached hydrogens (tertiary/aromatic N) is 3. The van der Waals surface area contributed by atoms with Crippen molar-refractivity contribution in [2.24, 2.45) is 5.92 Å². The lowest BCUT2D eigenvalue weighted by Crippen LogP contribution is -2.32. The van der Waals surface area contributed by atoms with Gasteiger partial charge in [-0.1, -0.05) is 0 Å². The second-order valence-electron chi connectivity index (χ2n) is 6.61. The van der Waals surface area contributed by atoms with Gasteiger partial charge in [-0.15, -0.1) is 10.2 Å². The monoisotopic (exact) mass is 402 g/mol. The number of alkyl halides is 3. The molecule has 1 atom stereocenters. The second kappa shape index (κ2) is 6.48. The molecule has 0 radical (unpaired) electrons. The van der Waals surface area contributed by atoms with E-state index >= 15 is 0 Å². The molecular weight excluding hydrogens is 385 g/mol. The van der Waals surface area contributed by atoms with Crippen molar-refractivity contribution in [3.63, 3.8) is 0 Å². The number of rotatable bonds is 4. The molecule has 0 saturated carbocycles. The fourth-order valence-corrected chi connectivity index (χ4v) is 4.40. The molecule has 0 bridgehead atoms. The van der Waals surface area contributed by atoms with E-state index in [1.165, 1.54) is 6.07 Å². The molecule has 2 aromatic rings. The number of ether oxygens (including phenoxy) is 1. The Morgan fingerprint density at radius 3 is 2.89 bits per heavy atom. The Hall–Kier alpha value is -2.14. The Morgan fingerprint density at radius 1 is 1.30 bits per heavy atom. The van der Waals surface area contributed by atoms with E-state index in [-0.39, 0.29) is 36.7 Å². The molecule has 1 aromatic carbocycles. The van der Waals surface area contributed by atoms with Crippen molar-refractivity contribution in [1.82, 2.24) is 19.5 Å². The lowest BCUT2D eigenvalue weighted by atomic mass is 9.97. The van der Waals surface area contributed by atoms with E-state index in [9.17, 15) is 21.6 Å². The maximum atomic E-state index is 12.9. The van der Waals surface area contributed by atoms with Crippen LogP contribution in [0, 0.1) is 5.92 Å². The van der Waals surface area contributed by atoms with E-state index in [1.54, 1.807) is 16.7 Å². The Labute approximate surface area is 153 Å². The van der Waals surface area contributed by atoms with Crippen LogP contribution in [0.5, 0.6) is 5.75 Å². The maximum Gasteiger partial charge on any atom is 0.392 e. The van der Waals surface area contributed by atoms with Gasteiger partial charge in [-0.25, -0.2) is 13.1 Å². The smallest absolute Gasteiger partial charge is 0.392 e. The van der Waals surface area contributed by atoms with Crippen LogP contribution in [0.2, 0.25) is 0 Å². The third-order valence-corrected chi connectivity index (χ3v) is 6.29. The van der Waals surface area contributed by atoms with Crippen LogP contribution >= 0.6 is 0 Å². The second-order valence-corrected chi connectivity index (χ2v) is 8.37. The Bertz CT molecular complexity index is 972. The number of halogens is 3. The van der Waals surface area contributed by atoms with Gasteiger partial charge in [0.05, 0.1) is 24.0 Å². The summed E-state index contributed by atoms with van der Waals surface area (Å²) in [5.41, 5.74) is 0.830. The van der Waals surface area contributed by atoms with E-state index in [2.05, 4.69) is 14.9 Å². The maximum absolute atomic E-state index is 12.9. The highest BCUT2D eigenvalue weighted by atomic mass is 32.2. The molecule has 3 heterocycles. The van der Waals surface area contributed by atoms with Gasteiger partial charge in [-0.05, 0) is 30.2 Å². The summed E-state index contributed by atoms with van der Waals surface area (Å²) in [6, 6.07) is 4.64. The molecule has 27 heavy (non-hydrogen) atoms. The molecule has 0 saturated heterocycles. The van der Waals surface area contributed by atoms with Crippen LogP contribution in [0.4, 0.5) is 13.2 Å². The van der Waals surface area contributed by atoms with Gasteiger partial charge in [-0.2, -0.15) is 13.2 Å². The summed E-state index contributed by atoms with van der Waals surface area (Å²) < 4.78 is 73.0. The summed E-state index contributed by atoms with van der Waals surface area (Å²) in [6.07, 6.45) is -3.93. The lowest BCUT2D eigenvalue weighted by Gasteiger charge is -2.25. The SMILES string of the molecule is O=S(=O)(NCc1nnc2n1CCC(C(F)(F)F)C2)c1ccc2c(c1)CCO2. The average molecular weight is 402 g/mol. The van der Waals surface area contributed by atoms with Crippen molar-refractivity contribution < 1.29 is 26.3 Å². The molecule has 146 valence electrons. The van der Waals surface area contributed by atoms with Gasteiger partial charge in [0.25, 0.3) is 0 Å². The number of nitrogens with one attached hydrogen (secondary N) is 1. The minimum absolute atomic E-state index is 0.0703. The highest BCUT2D eigenvalue weighted by Gasteiger charge is 2.42. The van der Waals surface area contributed by atoms with Crippen LogP contribution in [-0.2, 0) is 36.0 Å². The number of aromatic nitrogens is 3. The summed E-state index contributed by atoms with van der Waals surface area (Å²) in [6.45, 7) is 0.496. The van der Waals surface area contributed by atoms with Crippen LogP contribution in [0.3, 0.4) is 0 Å². The van der Waals surface area contributed by atoms with Crippen molar-refractivity contribution in [3.8, 4) is 5.75 Å². The number of hydrogen-bond acceptors (Lipinski definition) is 5. The molecule has 0 amide bonds. The van der Waals surface area contributed by atoms with E-state index in [4.69, 9.17) is 4.74 Å². The Morgan fingerprint density at radius 2 is 2.11 bits per heavy atom. The largest absolute Gasteiger partial charge is 0.493 e. The Kier molecular flexibility index (Phi) is 4.38. The molecule has 0 fully saturated rings. The van der Waals surface area contributed by atoms with Crippen molar-refractivity contribution in [1.29, 1.82) is 0 Å². The highest BCUT2D eigenvalue weighted by molar-refractivity contribution is 7.89. The third-order valence-electron chi connectivity index (χ3n) is 4.89. The summed E-state index contributed by atoms with van der Waals surface area (Å²) in [4.78, 5) is 0.113. The first-order chi connectivity index (χ1) is 12.7. The predicted octanol–water partition coefficient (Wildman–Crippen LogP) is 1.82. The molecule has 1 aromatic heterocycles. The fraction of sp³-hybridized carbons (Fsp3) is 0.500. The Balaban J connectivity index is 1.47. The number of fused-ring (bicyclic) bond motifs is 2. The van der Waals surface area contributed by atoms with Gasteiger partial charge in [0, 0.05) is 19.4 Å². The van der Waals surface area contributed by atoms with Crippen molar-refractivity contribution >= 4 is 10.0 Å². The first-order valence-corrected chi connectivity index (χ1v) is 9.95. The quantitative estimate of drug-likeness (QED) is 0.843. The molecule has 11 heteroatoms. The van der Waals surface area contributed by atoms with E-state index < -0.39 is 22.1 Å². The number of benzene rings is 1. The van der Waals surface area contributed by atoms with Gasteiger partial charge < -0.3 is 9.30 Å². The molecule has 0 aliphatic carbocycles. The van der Waals surface area contributed by atoms with E-state index in [0.29, 0.717) is 24.6 Å². The van der Waals surface area contributed by atoms with Crippen molar-refractivity contribution in [3.05, 3.63) is 35.4 Å². The third kappa shape index (κ3) is 3.53. The minimum atomic E-state index is -4.27. The highest BCUT2D eigenvalue weighted by Crippen LogP contribution is 2.34. The molecule has 2 aliphatic rings. The number of hydrogen-bond donors (Lipinski definition) is 1. The molecule has 7 nitrogen and oxygen atoms in total. The summed E-state index contributed by atoms with van der Waals surface area (Å²) in [5.74, 6) is -0.224. The first-order valence-electron chi connectivity index (χ1n) is 8.47. The zero-order chi connectivity index (χ0) is 19.2. The summed E-state index contributed by atoms with van der Waals surface area (Å²) in [5, 5.41) is 7.67. The first kappa shape index (κ1) is 18.2. The summed E-state index contributed by atoms with van der Waals surface area (Å²) in [7, 11) is -3.79. The van der Waals surface area contributed by atoms with E-state index in [0.717, 1.165) is 5.56 Å². The van der Waals surface area contributed by atoms with Crippen LogP contribution in [0.1, 0.15) is 23.6 Å². The van der Waals surface area contributed by atoms with Crippen LogP contribution in [0.25, 0.3) is 0 Å². The lowest BCUT2D eigenvalue weighted by molar-refractivity contribution is -0.179. The average Bonchev–Trinajstić information content (AvgIpc) is 3.24. The van der Waals surface area contributed by atoms with Crippen LogP contribution in [0.15, 0.2) is 23.1 Å². The minimum Gasteiger partial charge on any atom is -0.493 e. The zero-order valence-corrected chi connectivity index (χ0v) is 15.0. The van der Waals surface area contributed by atoms with Crippen molar-refractivity contribution in [2.75, 3.05) is 6.61 Å².